The molecule has 0 unspecified atom stereocenters. The van der Waals surface area contributed by atoms with Gasteiger partial charge in [-0.3, -0.25) is 4.98 Å². The molecule has 6 heteroatoms. The Kier molecular flexibility index (Phi) is 6.38. The molecule has 1 atom stereocenters. The Morgan fingerprint density at radius 3 is 2.58 bits per heavy atom. The third-order valence-corrected chi connectivity index (χ3v) is 5.22. The van der Waals surface area contributed by atoms with Crippen molar-refractivity contribution in [2.45, 2.75) is 19.4 Å². The fourth-order valence-electron chi connectivity index (χ4n) is 3.35. The lowest BCUT2D eigenvalue weighted by molar-refractivity contribution is 0.0956. The van der Waals surface area contributed by atoms with Gasteiger partial charge in [0, 0.05) is 43.9 Å². The van der Waals surface area contributed by atoms with E-state index >= 15 is 0 Å². The first-order valence-corrected chi connectivity index (χ1v) is 10.3. The second kappa shape index (κ2) is 9.53. The third kappa shape index (κ3) is 4.81. The zero-order chi connectivity index (χ0) is 21.6. The molecule has 0 saturated carbocycles. The van der Waals surface area contributed by atoms with Crippen LogP contribution in [0.4, 0.5) is 5.82 Å². The van der Waals surface area contributed by atoms with Crippen molar-refractivity contribution in [3.05, 3.63) is 67.0 Å². The number of ether oxygens (including phenoxy) is 2. The van der Waals surface area contributed by atoms with Crippen LogP contribution in [-0.2, 0) is 4.74 Å². The van der Waals surface area contributed by atoms with Crippen LogP contribution in [-0.4, -0.2) is 41.8 Å². The molecule has 2 aromatic heterocycles. The van der Waals surface area contributed by atoms with E-state index in [1.54, 1.807) is 19.5 Å². The molecule has 31 heavy (non-hydrogen) atoms. The lowest BCUT2D eigenvalue weighted by Gasteiger charge is -2.12. The Labute approximate surface area is 182 Å². The number of rotatable bonds is 8. The molecule has 6 nitrogen and oxygen atoms in total. The van der Waals surface area contributed by atoms with Crippen LogP contribution in [0.5, 0.6) is 5.75 Å². The summed E-state index contributed by atoms with van der Waals surface area (Å²) in [4.78, 5) is 13.6. The van der Waals surface area contributed by atoms with E-state index < -0.39 is 0 Å². The van der Waals surface area contributed by atoms with E-state index in [4.69, 9.17) is 19.4 Å². The molecule has 0 amide bonds. The monoisotopic (exact) mass is 414 g/mol. The summed E-state index contributed by atoms with van der Waals surface area (Å²) < 4.78 is 11.2. The molecule has 4 rings (SSSR count). The molecule has 4 aromatic rings. The van der Waals surface area contributed by atoms with Crippen LogP contribution in [0.3, 0.4) is 0 Å². The number of anilines is 1. The molecule has 0 aliphatic heterocycles. The first-order valence-electron chi connectivity index (χ1n) is 10.3. The fourth-order valence-corrected chi connectivity index (χ4v) is 3.35. The van der Waals surface area contributed by atoms with Crippen LogP contribution in [0.15, 0.2) is 67.0 Å². The number of hydrogen-bond donors (Lipinski definition) is 1. The molecule has 158 valence electrons. The predicted molar refractivity (Wildman–Crippen MR) is 124 cm³/mol. The van der Waals surface area contributed by atoms with Crippen molar-refractivity contribution >= 4 is 16.7 Å². The maximum Gasteiger partial charge on any atom is 0.163 e. The molecule has 0 aliphatic rings. The number of aromatic nitrogens is 3. The summed E-state index contributed by atoms with van der Waals surface area (Å²) in [6.45, 7) is 2.65. The minimum atomic E-state index is 0.181. The van der Waals surface area contributed by atoms with Gasteiger partial charge in [0.2, 0.25) is 0 Å². The van der Waals surface area contributed by atoms with Crippen molar-refractivity contribution < 1.29 is 9.47 Å². The second-order valence-electron chi connectivity index (χ2n) is 7.33. The van der Waals surface area contributed by atoms with E-state index in [2.05, 4.69) is 34.6 Å². The molecule has 0 radical (unpaired) electrons. The lowest BCUT2D eigenvalue weighted by Crippen LogP contribution is -2.10. The first kappa shape index (κ1) is 20.8. The molecule has 0 saturated heterocycles. The van der Waals surface area contributed by atoms with Gasteiger partial charge in [0.05, 0.1) is 18.2 Å². The summed E-state index contributed by atoms with van der Waals surface area (Å²) in [5.74, 6) is 2.28. The number of methoxy groups -OCH3 is 1. The number of nitrogens with zero attached hydrogens (tertiary/aromatic N) is 3. The Balaban J connectivity index is 1.64. The number of nitrogens with one attached hydrogen (secondary N) is 1. The Morgan fingerprint density at radius 2 is 1.81 bits per heavy atom. The molecule has 2 heterocycles. The molecule has 0 spiro atoms. The molecule has 1 N–H and O–H groups in total. The topological polar surface area (TPSA) is 69.2 Å². The Morgan fingerprint density at radius 1 is 0.968 bits per heavy atom. The van der Waals surface area contributed by atoms with Gasteiger partial charge in [-0.05, 0) is 54.4 Å². The normalized spacial score (nSPS) is 12.0. The zero-order valence-electron chi connectivity index (χ0n) is 18.0. The highest BCUT2D eigenvalue weighted by molar-refractivity contribution is 5.94. The maximum atomic E-state index is 5.91. The van der Waals surface area contributed by atoms with Crippen molar-refractivity contribution in [1.82, 2.24) is 15.0 Å². The van der Waals surface area contributed by atoms with Gasteiger partial charge in [-0.15, -0.1) is 0 Å². The van der Waals surface area contributed by atoms with E-state index in [1.165, 1.54) is 0 Å². The van der Waals surface area contributed by atoms with E-state index in [-0.39, 0.29) is 6.10 Å². The molecule has 0 aliphatic carbocycles. The fraction of sp³-hybridized carbons (Fsp3) is 0.240. The van der Waals surface area contributed by atoms with Gasteiger partial charge in [-0.1, -0.05) is 18.2 Å². The molecular weight excluding hydrogens is 388 g/mol. The molecule has 0 fully saturated rings. The van der Waals surface area contributed by atoms with E-state index in [9.17, 15) is 0 Å². The van der Waals surface area contributed by atoms with Gasteiger partial charge < -0.3 is 14.8 Å². The van der Waals surface area contributed by atoms with Gasteiger partial charge in [-0.2, -0.15) is 0 Å². The lowest BCUT2D eigenvalue weighted by atomic mass is 10.0. The number of benzene rings is 2. The van der Waals surface area contributed by atoms with Crippen molar-refractivity contribution in [3.63, 3.8) is 0 Å². The quantitative estimate of drug-likeness (QED) is 0.427. The summed E-state index contributed by atoms with van der Waals surface area (Å²) in [7, 11) is 3.59. The van der Waals surface area contributed by atoms with Crippen LogP contribution in [0, 0.1) is 0 Å². The minimum Gasteiger partial charge on any atom is -0.493 e. The third-order valence-electron chi connectivity index (χ3n) is 5.22. The van der Waals surface area contributed by atoms with E-state index in [0.717, 1.165) is 45.6 Å². The zero-order valence-corrected chi connectivity index (χ0v) is 18.0. The minimum absolute atomic E-state index is 0.181. The van der Waals surface area contributed by atoms with Gasteiger partial charge in [0.25, 0.3) is 0 Å². The van der Waals surface area contributed by atoms with Gasteiger partial charge in [0.15, 0.2) is 5.82 Å². The number of fused-ring (bicyclic) bond motifs is 1. The van der Waals surface area contributed by atoms with E-state index in [0.29, 0.717) is 12.4 Å². The van der Waals surface area contributed by atoms with E-state index in [1.807, 2.05) is 44.3 Å². The summed E-state index contributed by atoms with van der Waals surface area (Å²) >= 11 is 0. The number of pyridine rings is 1. The number of hydrogen-bond acceptors (Lipinski definition) is 6. The predicted octanol–water partition coefficient (Wildman–Crippen LogP) is 5.20. The molecular formula is C25H26N4O2. The summed E-state index contributed by atoms with van der Waals surface area (Å²) in [6.07, 6.45) is 4.54. The summed E-state index contributed by atoms with van der Waals surface area (Å²) in [5.41, 5.74) is 3.93. The van der Waals surface area contributed by atoms with Crippen LogP contribution in [0.2, 0.25) is 0 Å². The average Bonchev–Trinajstić information content (AvgIpc) is 2.83. The Bertz CT molecular complexity index is 1160. The average molecular weight is 415 g/mol. The largest absolute Gasteiger partial charge is 0.493 e. The smallest absolute Gasteiger partial charge is 0.163 e. The van der Waals surface area contributed by atoms with Gasteiger partial charge in [-0.25, -0.2) is 9.97 Å². The maximum absolute atomic E-state index is 5.91. The van der Waals surface area contributed by atoms with Crippen molar-refractivity contribution in [3.8, 4) is 28.3 Å². The molecule has 2 aromatic carbocycles. The van der Waals surface area contributed by atoms with Crippen LogP contribution < -0.4 is 10.1 Å². The van der Waals surface area contributed by atoms with Gasteiger partial charge >= 0.3 is 0 Å². The standard InChI is InChI=1S/C25H26N4O2/c1-17(30-3)11-13-31-21-8-4-6-18(14-21)19-9-10-23-22(15-19)25(26-2)29-24(28-23)20-7-5-12-27-16-20/h4-10,12,14-17H,11,13H2,1-3H3,(H,26,28,29)/t17-/m1/s1. The summed E-state index contributed by atoms with van der Waals surface area (Å²) in [5, 5.41) is 4.17. The van der Waals surface area contributed by atoms with Crippen LogP contribution in [0.25, 0.3) is 33.4 Å². The van der Waals surface area contributed by atoms with Crippen molar-refractivity contribution in [1.29, 1.82) is 0 Å². The first-order chi connectivity index (χ1) is 15.2. The Hall–Kier alpha value is -3.51. The van der Waals surface area contributed by atoms with Crippen molar-refractivity contribution in [2.24, 2.45) is 0 Å². The molecule has 0 bridgehead atoms. The summed E-state index contributed by atoms with van der Waals surface area (Å²) in [6, 6.07) is 18.2. The highest BCUT2D eigenvalue weighted by Crippen LogP contribution is 2.30. The van der Waals surface area contributed by atoms with Crippen molar-refractivity contribution in [2.75, 3.05) is 26.1 Å². The van der Waals surface area contributed by atoms with Crippen LogP contribution in [0.1, 0.15) is 13.3 Å². The van der Waals surface area contributed by atoms with Gasteiger partial charge in [0.1, 0.15) is 11.6 Å². The van der Waals surface area contributed by atoms with Crippen LogP contribution >= 0.6 is 0 Å². The highest BCUT2D eigenvalue weighted by Gasteiger charge is 2.11. The SMILES string of the molecule is CNc1nc(-c2cccnc2)nc2ccc(-c3cccc(OCC[C@@H](C)OC)c3)cc12. The second-order valence-corrected chi connectivity index (χ2v) is 7.33. The highest BCUT2D eigenvalue weighted by atomic mass is 16.5.